The van der Waals surface area contributed by atoms with Crippen molar-refractivity contribution < 1.29 is 0 Å². The first-order valence-corrected chi connectivity index (χ1v) is 3.62. The smallest absolute Gasteiger partial charge is 0.0135 e. The number of hydrogen-bond donors (Lipinski definition) is 0. The van der Waals surface area contributed by atoms with Crippen LogP contribution < -0.4 is 0 Å². The number of rotatable bonds is 0. The number of hydrogen-bond acceptors (Lipinski definition) is 0. The molecule has 1 aliphatic carbocycles. The Morgan fingerprint density at radius 2 is 2.50 bits per heavy atom. The van der Waals surface area contributed by atoms with Gasteiger partial charge in [0.05, 0.1) is 0 Å². The summed E-state index contributed by atoms with van der Waals surface area (Å²) >= 11 is 3.40. The van der Waals surface area contributed by atoms with Crippen molar-refractivity contribution in [2.75, 3.05) is 0 Å². The lowest BCUT2D eigenvalue weighted by Gasteiger charge is -2.06. The Hall–Kier alpha value is -0.0400. The van der Waals surface area contributed by atoms with Gasteiger partial charge in [-0.25, -0.2) is 0 Å². The molecule has 0 aromatic heterocycles. The summed E-state index contributed by atoms with van der Waals surface area (Å²) in [6.07, 6.45) is 7.70. The molecule has 1 heteroatoms. The molecule has 0 N–H and O–H groups in total. The maximum Gasteiger partial charge on any atom is 0.0135 e. The van der Waals surface area contributed by atoms with Crippen molar-refractivity contribution in [2.24, 2.45) is 5.92 Å². The van der Waals surface area contributed by atoms with Gasteiger partial charge < -0.3 is 0 Å². The Balaban J connectivity index is 2.63. The SMILES string of the molecule is CC1C=C(Br)C=CC1. The van der Waals surface area contributed by atoms with Crippen molar-refractivity contribution in [1.82, 2.24) is 0 Å². The fraction of sp³-hybridized carbons (Fsp3) is 0.429. The highest BCUT2D eigenvalue weighted by atomic mass is 79.9. The lowest BCUT2D eigenvalue weighted by Crippen LogP contribution is -1.90. The molecule has 0 aromatic carbocycles. The highest BCUT2D eigenvalue weighted by molar-refractivity contribution is 9.11. The maximum absolute atomic E-state index is 3.40. The fourth-order valence-corrected chi connectivity index (χ4v) is 1.43. The minimum atomic E-state index is 0.717. The van der Waals surface area contributed by atoms with Gasteiger partial charge in [-0.3, -0.25) is 0 Å². The number of halogens is 1. The molecule has 1 atom stereocenters. The average Bonchev–Trinajstić information content (AvgIpc) is 1.64. The molecule has 1 rings (SSSR count). The van der Waals surface area contributed by atoms with Gasteiger partial charge in [-0.2, -0.15) is 0 Å². The predicted octanol–water partition coefficient (Wildman–Crippen LogP) is 2.86. The van der Waals surface area contributed by atoms with E-state index in [0.717, 1.165) is 5.92 Å². The third kappa shape index (κ3) is 1.48. The van der Waals surface area contributed by atoms with E-state index in [1.165, 1.54) is 10.9 Å². The largest absolute Gasteiger partial charge is 0.0829 e. The molecule has 1 aliphatic rings. The Morgan fingerprint density at radius 3 is 2.88 bits per heavy atom. The van der Waals surface area contributed by atoms with Crippen LogP contribution in [0.2, 0.25) is 0 Å². The minimum Gasteiger partial charge on any atom is -0.0829 e. The van der Waals surface area contributed by atoms with Gasteiger partial charge >= 0.3 is 0 Å². The molecule has 0 saturated heterocycles. The van der Waals surface area contributed by atoms with Crippen LogP contribution in [0.3, 0.4) is 0 Å². The zero-order valence-electron chi connectivity index (χ0n) is 4.89. The second kappa shape index (κ2) is 2.49. The van der Waals surface area contributed by atoms with Crippen LogP contribution in [-0.2, 0) is 0 Å². The second-order valence-corrected chi connectivity index (χ2v) is 3.08. The zero-order valence-corrected chi connectivity index (χ0v) is 6.48. The van der Waals surface area contributed by atoms with Crippen molar-refractivity contribution >= 4 is 15.9 Å². The van der Waals surface area contributed by atoms with Gasteiger partial charge in [0.1, 0.15) is 0 Å². The third-order valence-corrected chi connectivity index (χ3v) is 1.76. The van der Waals surface area contributed by atoms with E-state index in [4.69, 9.17) is 0 Å². The van der Waals surface area contributed by atoms with Crippen molar-refractivity contribution in [3.63, 3.8) is 0 Å². The second-order valence-electron chi connectivity index (χ2n) is 2.17. The van der Waals surface area contributed by atoms with Crippen molar-refractivity contribution in [3.8, 4) is 0 Å². The molecular weight excluding hydrogens is 164 g/mol. The molecule has 1 unspecified atom stereocenters. The topological polar surface area (TPSA) is 0 Å². The summed E-state index contributed by atoms with van der Waals surface area (Å²) in [5.74, 6) is 0.717. The van der Waals surface area contributed by atoms with E-state index in [9.17, 15) is 0 Å². The summed E-state index contributed by atoms with van der Waals surface area (Å²) in [5.41, 5.74) is 0. The fourth-order valence-electron chi connectivity index (χ4n) is 0.791. The first-order chi connectivity index (χ1) is 3.79. The summed E-state index contributed by atoms with van der Waals surface area (Å²) in [5, 5.41) is 0. The van der Waals surface area contributed by atoms with Crippen molar-refractivity contribution in [2.45, 2.75) is 13.3 Å². The maximum atomic E-state index is 3.40. The minimum absolute atomic E-state index is 0.717. The van der Waals surface area contributed by atoms with E-state index >= 15 is 0 Å². The molecule has 0 aliphatic heterocycles. The summed E-state index contributed by atoms with van der Waals surface area (Å²) in [6.45, 7) is 2.21. The highest BCUT2D eigenvalue weighted by Crippen LogP contribution is 2.19. The van der Waals surface area contributed by atoms with Gasteiger partial charge in [-0.15, -0.1) is 0 Å². The van der Waals surface area contributed by atoms with Gasteiger partial charge in [-0.05, 0) is 12.3 Å². The summed E-state index contributed by atoms with van der Waals surface area (Å²) in [4.78, 5) is 0. The van der Waals surface area contributed by atoms with Crippen LogP contribution in [0.1, 0.15) is 13.3 Å². The molecule has 0 radical (unpaired) electrons. The van der Waals surface area contributed by atoms with E-state index < -0.39 is 0 Å². The van der Waals surface area contributed by atoms with Crippen LogP contribution in [0.4, 0.5) is 0 Å². The first-order valence-electron chi connectivity index (χ1n) is 2.83. The third-order valence-electron chi connectivity index (χ3n) is 1.23. The van der Waals surface area contributed by atoms with E-state index in [1.807, 2.05) is 0 Å². The Kier molecular flexibility index (Phi) is 1.90. The zero-order chi connectivity index (χ0) is 5.98. The van der Waals surface area contributed by atoms with Gasteiger partial charge in [0.2, 0.25) is 0 Å². The Morgan fingerprint density at radius 1 is 1.75 bits per heavy atom. The van der Waals surface area contributed by atoms with Gasteiger partial charge in [0, 0.05) is 4.48 Å². The lowest BCUT2D eigenvalue weighted by molar-refractivity contribution is 0.735. The molecule has 0 nitrogen and oxygen atoms in total. The van der Waals surface area contributed by atoms with Crippen LogP contribution in [0, 0.1) is 5.92 Å². The van der Waals surface area contributed by atoms with E-state index in [0.29, 0.717) is 0 Å². The first kappa shape index (κ1) is 6.09. The predicted molar refractivity (Wildman–Crippen MR) is 39.9 cm³/mol. The molecule has 0 bridgehead atoms. The van der Waals surface area contributed by atoms with E-state index in [2.05, 4.69) is 41.1 Å². The molecule has 0 amide bonds. The molecule has 0 fully saturated rings. The quantitative estimate of drug-likeness (QED) is 0.528. The van der Waals surface area contributed by atoms with Crippen LogP contribution in [0.25, 0.3) is 0 Å². The van der Waals surface area contributed by atoms with Gasteiger partial charge in [-0.1, -0.05) is 41.1 Å². The molecule has 0 spiro atoms. The monoisotopic (exact) mass is 172 g/mol. The van der Waals surface area contributed by atoms with Crippen molar-refractivity contribution in [3.05, 3.63) is 22.7 Å². The molecule has 0 aromatic rings. The highest BCUT2D eigenvalue weighted by Gasteiger charge is 1.99. The van der Waals surface area contributed by atoms with E-state index in [1.54, 1.807) is 0 Å². The lowest BCUT2D eigenvalue weighted by atomic mass is 10.0. The van der Waals surface area contributed by atoms with Gasteiger partial charge in [0.25, 0.3) is 0 Å². The van der Waals surface area contributed by atoms with Crippen LogP contribution in [-0.4, -0.2) is 0 Å². The van der Waals surface area contributed by atoms with E-state index in [-0.39, 0.29) is 0 Å². The van der Waals surface area contributed by atoms with Crippen molar-refractivity contribution in [1.29, 1.82) is 0 Å². The summed E-state index contributed by atoms with van der Waals surface area (Å²) in [6, 6.07) is 0. The molecule has 0 saturated carbocycles. The number of allylic oxidation sites excluding steroid dienone is 4. The molecule has 44 valence electrons. The standard InChI is InChI=1S/C7H9Br/c1-6-3-2-4-7(8)5-6/h2,4-6H,3H2,1H3. The molecular formula is C7H9Br. The molecule has 0 heterocycles. The van der Waals surface area contributed by atoms with Crippen LogP contribution in [0.15, 0.2) is 22.7 Å². The van der Waals surface area contributed by atoms with Crippen LogP contribution in [0.5, 0.6) is 0 Å². The Labute approximate surface area is 58.4 Å². The average molecular weight is 173 g/mol. The van der Waals surface area contributed by atoms with Crippen LogP contribution >= 0.6 is 15.9 Å². The normalized spacial score (nSPS) is 27.8. The summed E-state index contributed by atoms with van der Waals surface area (Å²) in [7, 11) is 0. The Bertz CT molecular complexity index is 133. The summed E-state index contributed by atoms with van der Waals surface area (Å²) < 4.78 is 1.22. The van der Waals surface area contributed by atoms with Gasteiger partial charge in [0.15, 0.2) is 0 Å². The molecule has 8 heavy (non-hydrogen) atoms.